The van der Waals surface area contributed by atoms with Gasteiger partial charge in [0, 0.05) is 55.1 Å². The van der Waals surface area contributed by atoms with Gasteiger partial charge in [0.1, 0.15) is 24.8 Å². The summed E-state index contributed by atoms with van der Waals surface area (Å²) in [5.41, 5.74) is 7.52. The summed E-state index contributed by atoms with van der Waals surface area (Å²) in [6.45, 7) is 15.1. The largest absolute Gasteiger partial charge is 0.391 e. The molecule has 2 aliphatic rings. The highest BCUT2D eigenvalue weighted by Crippen LogP contribution is 2.31. The number of carbonyl (C=O) groups excluding carboxylic acids is 4. The van der Waals surface area contributed by atoms with Crippen molar-refractivity contribution in [1.82, 2.24) is 35.6 Å². The highest BCUT2D eigenvalue weighted by Gasteiger charge is 2.45. The van der Waals surface area contributed by atoms with Crippen LogP contribution in [0.4, 0.5) is 5.69 Å². The van der Waals surface area contributed by atoms with Crippen LogP contribution in [0.1, 0.15) is 94.0 Å². The summed E-state index contributed by atoms with van der Waals surface area (Å²) < 4.78 is 7.88. The van der Waals surface area contributed by atoms with Gasteiger partial charge in [-0.3, -0.25) is 23.9 Å². The molecule has 0 aliphatic carbocycles. The van der Waals surface area contributed by atoms with Crippen molar-refractivity contribution in [1.29, 1.82) is 5.26 Å². The maximum atomic E-state index is 14.2. The molecule has 5 aromatic rings. The second-order valence-electron chi connectivity index (χ2n) is 19.4. The molecule has 2 saturated heterocycles. The number of aryl methyl sites for hydroxylation is 1. The van der Waals surface area contributed by atoms with Crippen LogP contribution in [0.5, 0.6) is 0 Å². The van der Waals surface area contributed by atoms with Crippen molar-refractivity contribution in [2.24, 2.45) is 11.3 Å². The van der Waals surface area contributed by atoms with Crippen LogP contribution in [0.3, 0.4) is 0 Å². The maximum absolute atomic E-state index is 14.2. The van der Waals surface area contributed by atoms with Crippen LogP contribution in [0.25, 0.3) is 21.7 Å². The predicted octanol–water partition coefficient (Wildman–Crippen LogP) is 7.32. The molecular formula is C52H62ClN9O6S. The molecule has 4 heterocycles. The Morgan fingerprint density at radius 1 is 0.957 bits per heavy atom. The van der Waals surface area contributed by atoms with Gasteiger partial charge in [-0.1, -0.05) is 62.7 Å². The van der Waals surface area contributed by atoms with E-state index in [4.69, 9.17) is 21.6 Å². The van der Waals surface area contributed by atoms with Gasteiger partial charge in [-0.05, 0) is 105 Å². The lowest BCUT2D eigenvalue weighted by molar-refractivity contribution is -0.145. The number of rotatable bonds is 16. The van der Waals surface area contributed by atoms with Crippen LogP contribution in [0.15, 0.2) is 84.5 Å². The van der Waals surface area contributed by atoms with E-state index in [9.17, 15) is 24.3 Å². The topological polar surface area (TPSA) is 195 Å². The summed E-state index contributed by atoms with van der Waals surface area (Å²) in [7, 11) is 0. The molecule has 0 saturated carbocycles. The number of carbonyl (C=O) groups is 4. The number of nitriles is 1. The number of ether oxygens (including phenoxy) is 1. The van der Waals surface area contributed by atoms with Gasteiger partial charge in [0.05, 0.1) is 57.2 Å². The standard InChI is InChI=1S/C52H62ClN9O6S/c1-31(27-61-23-20-44(59-61)39-12-13-40(26-54)43(53)24-39)56-49(65)38-14-16-41(17-15-38)60-21-18-36(19-22-60)34(4)68-29-46(64)58-48(52(5,6)7)51(67)62-28-42(63)25-45(62)50(66)57-32(2)35-8-10-37(11-9-35)47-33(3)55-30-69-47/h8-17,20,23-24,30-32,34,36,42,45,48,63H,18-19,21-22,25,27-29H2,1-7H3,(H,56,65)(H,57,66)(H,58,64)/t31-,32-,34?,42+,45?,48+/m0/s1. The number of nitrogens with zero attached hydrogens (tertiary/aromatic N) is 6. The molecule has 3 aromatic carbocycles. The van der Waals surface area contributed by atoms with Crippen LogP contribution < -0.4 is 20.9 Å². The Balaban J connectivity index is 0.849. The van der Waals surface area contributed by atoms with Crippen molar-refractivity contribution < 1.29 is 29.0 Å². The number of halogens is 1. The van der Waals surface area contributed by atoms with Gasteiger partial charge in [-0.25, -0.2) is 4.98 Å². The molecule has 4 N–H and O–H groups in total. The van der Waals surface area contributed by atoms with Crippen molar-refractivity contribution in [2.45, 2.75) is 111 Å². The molecule has 69 heavy (non-hydrogen) atoms. The monoisotopic (exact) mass is 975 g/mol. The zero-order valence-electron chi connectivity index (χ0n) is 40.2. The van der Waals surface area contributed by atoms with Crippen LogP contribution in [-0.2, 0) is 25.7 Å². The number of nitrogens with one attached hydrogen (secondary N) is 3. The number of anilines is 1. The smallest absolute Gasteiger partial charge is 0.251 e. The van der Waals surface area contributed by atoms with Gasteiger partial charge >= 0.3 is 0 Å². The average molecular weight is 977 g/mol. The number of aliphatic hydroxyl groups excluding tert-OH is 1. The van der Waals surface area contributed by atoms with E-state index >= 15 is 0 Å². The predicted molar refractivity (Wildman–Crippen MR) is 267 cm³/mol. The second-order valence-corrected chi connectivity index (χ2v) is 20.6. The Hall–Kier alpha value is -6.12. The van der Waals surface area contributed by atoms with Gasteiger partial charge in [0.2, 0.25) is 17.7 Å². The minimum absolute atomic E-state index is 0.0167. The van der Waals surface area contributed by atoms with Gasteiger partial charge in [0.25, 0.3) is 5.91 Å². The van der Waals surface area contributed by atoms with E-state index in [-0.39, 0.29) is 55.5 Å². The number of hydrogen-bond donors (Lipinski definition) is 4. The van der Waals surface area contributed by atoms with Gasteiger partial charge < -0.3 is 35.6 Å². The highest BCUT2D eigenvalue weighted by atomic mass is 35.5. The van der Waals surface area contributed by atoms with E-state index in [0.29, 0.717) is 22.7 Å². The summed E-state index contributed by atoms with van der Waals surface area (Å²) in [6.07, 6.45) is 2.53. The number of benzene rings is 3. The number of amides is 4. The number of aliphatic hydroxyl groups is 1. The maximum Gasteiger partial charge on any atom is 0.251 e. The molecule has 2 aliphatic heterocycles. The molecule has 15 nitrogen and oxygen atoms in total. The van der Waals surface area contributed by atoms with Crippen molar-refractivity contribution in [3.05, 3.63) is 112 Å². The lowest BCUT2D eigenvalue weighted by Gasteiger charge is -2.37. The fraction of sp³-hybridized carbons (Fsp3) is 0.442. The zero-order valence-corrected chi connectivity index (χ0v) is 41.8. The number of aromatic nitrogens is 3. The van der Waals surface area contributed by atoms with E-state index in [1.807, 2.05) is 115 Å². The molecule has 0 spiro atoms. The molecule has 6 atom stereocenters. The Morgan fingerprint density at radius 2 is 1.65 bits per heavy atom. The first-order valence-corrected chi connectivity index (χ1v) is 24.7. The lowest BCUT2D eigenvalue weighted by Crippen LogP contribution is -2.58. The van der Waals surface area contributed by atoms with Crippen LogP contribution in [0.2, 0.25) is 5.02 Å². The number of β-amino-alcohol motifs (C(OH)–C–C–N with tert-alkyl or cyclic N) is 1. The van der Waals surface area contributed by atoms with E-state index in [0.717, 1.165) is 64.6 Å². The minimum atomic E-state index is -0.966. The van der Waals surface area contributed by atoms with Crippen molar-refractivity contribution in [3.63, 3.8) is 0 Å². The van der Waals surface area contributed by atoms with Crippen LogP contribution in [-0.4, -0.2) is 105 Å². The summed E-state index contributed by atoms with van der Waals surface area (Å²) in [6, 6.07) is 22.2. The molecule has 0 bridgehead atoms. The molecule has 0 radical (unpaired) electrons. The Morgan fingerprint density at radius 3 is 2.29 bits per heavy atom. The normalized spacial score (nSPS) is 18.2. The second kappa shape index (κ2) is 22.1. The van der Waals surface area contributed by atoms with Gasteiger partial charge in [-0.2, -0.15) is 10.4 Å². The average Bonchev–Trinajstić information content (AvgIpc) is 4.09. The molecule has 2 fully saturated rings. The van der Waals surface area contributed by atoms with Crippen LogP contribution in [0, 0.1) is 29.6 Å². The molecule has 364 valence electrons. The first-order chi connectivity index (χ1) is 32.9. The SMILES string of the molecule is Cc1ncsc1-c1ccc([C@H](C)NC(=O)C2C[C@@H](O)CN2C(=O)[C@@H](NC(=O)COC(C)C2CCN(c3ccc(C(=O)N[C@@H](C)Cn4ccc(-c5ccc(C#N)c(Cl)c5)n4)cc3)CC2)C(C)(C)C)cc1. The first kappa shape index (κ1) is 50.7. The van der Waals surface area contributed by atoms with Gasteiger partial charge in [-0.15, -0.1) is 11.3 Å². The minimum Gasteiger partial charge on any atom is -0.391 e. The summed E-state index contributed by atoms with van der Waals surface area (Å²) in [5, 5.41) is 33.9. The third-order valence-electron chi connectivity index (χ3n) is 13.1. The van der Waals surface area contributed by atoms with Crippen molar-refractivity contribution >= 4 is 52.3 Å². The molecule has 17 heteroatoms. The first-order valence-electron chi connectivity index (χ1n) is 23.5. The fourth-order valence-corrected chi connectivity index (χ4v) is 10.1. The van der Waals surface area contributed by atoms with Crippen LogP contribution >= 0.6 is 22.9 Å². The fourth-order valence-electron chi connectivity index (χ4n) is 9.03. The summed E-state index contributed by atoms with van der Waals surface area (Å²) in [4.78, 5) is 63.6. The third-order valence-corrected chi connectivity index (χ3v) is 14.4. The van der Waals surface area contributed by atoms with E-state index < -0.39 is 35.4 Å². The zero-order chi connectivity index (χ0) is 49.6. The number of piperidine rings is 1. The number of likely N-dealkylation sites (tertiary alicyclic amines) is 1. The quantitative estimate of drug-likeness (QED) is 0.0779. The molecule has 2 unspecified atom stereocenters. The van der Waals surface area contributed by atoms with Crippen molar-refractivity contribution in [3.8, 4) is 27.8 Å². The third kappa shape index (κ3) is 12.6. The Labute approximate surface area is 413 Å². The van der Waals surface area contributed by atoms with E-state index in [1.165, 1.54) is 4.90 Å². The number of thiazole rings is 1. The van der Waals surface area contributed by atoms with E-state index in [2.05, 4.69) is 37.0 Å². The molecule has 2 aromatic heterocycles. The van der Waals surface area contributed by atoms with E-state index in [1.54, 1.807) is 34.2 Å². The highest BCUT2D eigenvalue weighted by molar-refractivity contribution is 7.13. The van der Waals surface area contributed by atoms with Crippen molar-refractivity contribution in [2.75, 3.05) is 31.1 Å². The molecule has 7 rings (SSSR count). The Bertz CT molecular complexity index is 2650. The summed E-state index contributed by atoms with van der Waals surface area (Å²) >= 11 is 7.79. The van der Waals surface area contributed by atoms with Gasteiger partial charge in [0.15, 0.2) is 0 Å². The Kier molecular flexibility index (Phi) is 16.3. The molecule has 4 amide bonds. The number of hydrogen-bond acceptors (Lipinski definition) is 11. The summed E-state index contributed by atoms with van der Waals surface area (Å²) in [5.74, 6) is -1.20. The lowest BCUT2D eigenvalue weighted by atomic mass is 9.85. The molecular weight excluding hydrogens is 914 g/mol.